The van der Waals surface area contributed by atoms with Crippen LogP contribution in [0.1, 0.15) is 61.3 Å². The van der Waals surface area contributed by atoms with Gasteiger partial charge in [0.2, 0.25) is 0 Å². The molecule has 0 radical (unpaired) electrons. The first-order chi connectivity index (χ1) is 20.6. The first-order valence-corrected chi connectivity index (χ1v) is 16.0. The molecule has 0 aromatic heterocycles. The molecule has 6 unspecified atom stereocenters. The minimum absolute atomic E-state index is 0.0664. The van der Waals surface area contributed by atoms with Crippen LogP contribution in [0.15, 0.2) is 12.1 Å². The fourth-order valence-corrected chi connectivity index (χ4v) is 6.52. The van der Waals surface area contributed by atoms with Crippen LogP contribution in [0.25, 0.3) is 0 Å². The van der Waals surface area contributed by atoms with E-state index >= 15 is 0 Å². The van der Waals surface area contributed by atoms with E-state index in [2.05, 4.69) is 13.8 Å². The van der Waals surface area contributed by atoms with Crippen LogP contribution in [0.4, 0.5) is 0 Å². The standard InChI is InChI=1S/C30H28Cl6O8/c1-11-5-15(11)13(3)9-41-27(37)21-23(35)17(31)7-19(33)25(21)43-29(39)30(40)44-26-20(34)8-18(32)24(36)22(26)28(38)42-10-14(4)16-6-12(16)2/h7-8,11-16H,5-6,9-10H2,1-4H3. The molecule has 2 aromatic carbocycles. The number of carbonyl (C=O) groups is 4. The Bertz CT molecular complexity index is 1400. The SMILES string of the molecule is CC(COC(=O)c1c(Cl)c(Cl)cc(Cl)c1OC(=O)C(=O)Oc1c(Cl)cc(Cl)c(Cl)c1C(=O)OCC(C)C1CC1C)C1CC1C. The number of rotatable bonds is 10. The highest BCUT2D eigenvalue weighted by Gasteiger charge is 2.39. The van der Waals surface area contributed by atoms with Gasteiger partial charge in [0, 0.05) is 0 Å². The zero-order valence-corrected chi connectivity index (χ0v) is 28.5. The number of hydrogen-bond donors (Lipinski definition) is 0. The first-order valence-electron chi connectivity index (χ1n) is 13.7. The lowest BCUT2D eigenvalue weighted by atomic mass is 10.1. The lowest BCUT2D eigenvalue weighted by Gasteiger charge is -2.17. The third-order valence-electron chi connectivity index (χ3n) is 7.98. The third-order valence-corrected chi connectivity index (χ3v) is 10.1. The zero-order chi connectivity index (χ0) is 32.6. The molecule has 0 heterocycles. The Balaban J connectivity index is 1.53. The van der Waals surface area contributed by atoms with Gasteiger partial charge in [-0.15, -0.1) is 0 Å². The summed E-state index contributed by atoms with van der Waals surface area (Å²) in [6.45, 7) is 8.21. The Morgan fingerprint density at radius 3 is 1.27 bits per heavy atom. The highest BCUT2D eigenvalue weighted by atomic mass is 35.5. The van der Waals surface area contributed by atoms with Gasteiger partial charge in [-0.3, -0.25) is 0 Å². The van der Waals surface area contributed by atoms with Gasteiger partial charge in [0.1, 0.15) is 11.1 Å². The van der Waals surface area contributed by atoms with E-state index in [4.69, 9.17) is 88.6 Å². The predicted molar refractivity (Wildman–Crippen MR) is 168 cm³/mol. The van der Waals surface area contributed by atoms with Crippen LogP contribution in [0.2, 0.25) is 30.1 Å². The van der Waals surface area contributed by atoms with Gasteiger partial charge in [-0.25, -0.2) is 19.2 Å². The van der Waals surface area contributed by atoms with E-state index in [1.807, 2.05) is 13.8 Å². The summed E-state index contributed by atoms with van der Waals surface area (Å²) in [4.78, 5) is 51.9. The van der Waals surface area contributed by atoms with Gasteiger partial charge in [-0.1, -0.05) is 97.3 Å². The maximum Gasteiger partial charge on any atom is 0.423 e. The second-order valence-corrected chi connectivity index (χ2v) is 13.8. The number of carbonyl (C=O) groups excluding carboxylic acids is 4. The molecule has 2 aliphatic rings. The Morgan fingerprint density at radius 2 is 0.977 bits per heavy atom. The summed E-state index contributed by atoms with van der Waals surface area (Å²) in [5.41, 5.74) is -0.922. The van der Waals surface area contributed by atoms with E-state index < -0.39 is 46.5 Å². The van der Waals surface area contributed by atoms with Crippen LogP contribution in [0.3, 0.4) is 0 Å². The second kappa shape index (κ2) is 14.2. The van der Waals surface area contributed by atoms with Crippen molar-refractivity contribution in [2.45, 2.75) is 40.5 Å². The smallest absolute Gasteiger partial charge is 0.423 e. The van der Waals surface area contributed by atoms with Crippen LogP contribution in [-0.2, 0) is 19.1 Å². The molecule has 8 nitrogen and oxygen atoms in total. The summed E-state index contributed by atoms with van der Waals surface area (Å²) in [5.74, 6) is -4.37. The molecule has 2 aromatic rings. The molecule has 2 saturated carbocycles. The number of halogens is 6. The summed E-state index contributed by atoms with van der Waals surface area (Å²) in [6.07, 6.45) is 2.04. The van der Waals surface area contributed by atoms with Gasteiger partial charge < -0.3 is 18.9 Å². The predicted octanol–water partition coefficient (Wildman–Crippen LogP) is 9.02. The molecule has 44 heavy (non-hydrogen) atoms. The van der Waals surface area contributed by atoms with Gasteiger partial charge in [0.15, 0.2) is 11.5 Å². The average Bonchev–Trinajstić information content (AvgIpc) is 3.88. The Morgan fingerprint density at radius 1 is 0.659 bits per heavy atom. The van der Waals surface area contributed by atoms with E-state index in [0.717, 1.165) is 25.0 Å². The van der Waals surface area contributed by atoms with E-state index in [9.17, 15) is 19.2 Å². The van der Waals surface area contributed by atoms with Crippen LogP contribution >= 0.6 is 69.6 Å². The van der Waals surface area contributed by atoms with Crippen molar-refractivity contribution in [3.8, 4) is 11.5 Å². The van der Waals surface area contributed by atoms with Gasteiger partial charge in [-0.05, 0) is 60.5 Å². The third kappa shape index (κ3) is 7.88. The molecule has 4 rings (SSSR count). The molecule has 6 atom stereocenters. The van der Waals surface area contributed by atoms with Gasteiger partial charge >= 0.3 is 23.9 Å². The molecular weight excluding hydrogens is 701 g/mol. The monoisotopic (exact) mass is 726 g/mol. The highest BCUT2D eigenvalue weighted by molar-refractivity contribution is 6.47. The minimum Gasteiger partial charge on any atom is -0.462 e. The van der Waals surface area contributed by atoms with Crippen molar-refractivity contribution in [1.82, 2.24) is 0 Å². The summed E-state index contributed by atoms with van der Waals surface area (Å²) >= 11 is 37.2. The molecule has 0 aliphatic heterocycles. The molecule has 238 valence electrons. The van der Waals surface area contributed by atoms with Gasteiger partial charge in [0.25, 0.3) is 0 Å². The molecule has 0 spiro atoms. The Hall–Kier alpha value is -1.94. The van der Waals surface area contributed by atoms with Crippen molar-refractivity contribution in [3.63, 3.8) is 0 Å². The van der Waals surface area contributed by atoms with E-state index in [-0.39, 0.29) is 55.2 Å². The lowest BCUT2D eigenvalue weighted by Crippen LogP contribution is -2.27. The van der Waals surface area contributed by atoms with Crippen molar-refractivity contribution in [1.29, 1.82) is 0 Å². The van der Waals surface area contributed by atoms with E-state index in [0.29, 0.717) is 23.7 Å². The van der Waals surface area contributed by atoms with E-state index in [1.165, 1.54) is 0 Å². The highest BCUT2D eigenvalue weighted by Crippen LogP contribution is 2.46. The van der Waals surface area contributed by atoms with Gasteiger partial charge in [0.05, 0.1) is 43.3 Å². The molecular formula is C30H28Cl6O8. The van der Waals surface area contributed by atoms with Crippen molar-refractivity contribution >= 4 is 93.5 Å². The summed E-state index contributed by atoms with van der Waals surface area (Å²) in [7, 11) is 0. The first kappa shape index (κ1) is 34.9. The number of benzene rings is 2. The number of esters is 4. The second-order valence-electron chi connectivity index (χ2n) is 11.4. The fourth-order valence-electron chi connectivity index (χ4n) is 5.08. The molecule has 0 saturated heterocycles. The number of hydrogen-bond acceptors (Lipinski definition) is 8. The molecule has 2 aliphatic carbocycles. The van der Waals surface area contributed by atoms with Crippen molar-refractivity contribution in [3.05, 3.63) is 53.4 Å². The summed E-state index contributed by atoms with van der Waals surface area (Å²) < 4.78 is 21.1. The molecule has 14 heteroatoms. The zero-order valence-electron chi connectivity index (χ0n) is 24.0. The molecule has 0 N–H and O–H groups in total. The normalized spacial score (nSPS) is 21.6. The quantitative estimate of drug-likeness (QED) is 0.103. The van der Waals surface area contributed by atoms with Crippen molar-refractivity contribution in [2.24, 2.45) is 35.5 Å². The van der Waals surface area contributed by atoms with E-state index in [1.54, 1.807) is 0 Å². The largest absolute Gasteiger partial charge is 0.462 e. The van der Waals surface area contributed by atoms with Crippen LogP contribution in [-0.4, -0.2) is 37.1 Å². The summed E-state index contributed by atoms with van der Waals surface area (Å²) in [6, 6.07) is 2.25. The van der Waals surface area contributed by atoms with Crippen LogP contribution in [0.5, 0.6) is 11.5 Å². The fraction of sp³-hybridized carbons (Fsp3) is 0.467. The minimum atomic E-state index is -1.64. The lowest BCUT2D eigenvalue weighted by molar-refractivity contribution is -0.156. The van der Waals surface area contributed by atoms with Crippen LogP contribution in [0, 0.1) is 35.5 Å². The van der Waals surface area contributed by atoms with Gasteiger partial charge in [-0.2, -0.15) is 0 Å². The molecule has 0 bridgehead atoms. The van der Waals surface area contributed by atoms with Crippen molar-refractivity contribution < 1.29 is 38.1 Å². The Kier molecular flexibility index (Phi) is 11.3. The van der Waals surface area contributed by atoms with Crippen molar-refractivity contribution in [2.75, 3.05) is 13.2 Å². The molecule has 0 amide bonds. The number of ether oxygens (including phenoxy) is 4. The Labute approximate surface area is 284 Å². The maximum atomic E-state index is 13.0. The topological polar surface area (TPSA) is 105 Å². The average molecular weight is 729 g/mol. The maximum absolute atomic E-state index is 13.0. The molecule has 2 fully saturated rings. The summed E-state index contributed by atoms with van der Waals surface area (Å²) in [5, 5.41) is -1.48. The van der Waals surface area contributed by atoms with Crippen LogP contribution < -0.4 is 9.47 Å².